The molecule has 0 radical (unpaired) electrons. The van der Waals surface area contributed by atoms with Gasteiger partial charge in [0.15, 0.2) is 0 Å². The van der Waals surface area contributed by atoms with Gasteiger partial charge in [-0.15, -0.1) is 6.42 Å². The van der Waals surface area contributed by atoms with Crippen molar-refractivity contribution in [2.45, 2.75) is 31.7 Å². The molecule has 72 valence electrons. The Kier molecular flexibility index (Phi) is 3.78. The predicted molar refractivity (Wildman–Crippen MR) is 51.8 cm³/mol. The smallest absolute Gasteiger partial charge is 0.220 e. The van der Waals surface area contributed by atoms with Crippen molar-refractivity contribution in [3.63, 3.8) is 0 Å². The van der Waals surface area contributed by atoms with E-state index < -0.39 is 0 Å². The van der Waals surface area contributed by atoms with Crippen LogP contribution in [0, 0.1) is 18.3 Å². The molecule has 1 saturated carbocycles. The SMILES string of the molecule is C#CCNC1CCC(C(N)=O)CC1. The van der Waals surface area contributed by atoms with E-state index in [1.54, 1.807) is 0 Å². The van der Waals surface area contributed by atoms with Crippen molar-refractivity contribution in [2.75, 3.05) is 6.54 Å². The third-order valence-corrected chi connectivity index (χ3v) is 2.62. The third kappa shape index (κ3) is 3.08. The second kappa shape index (κ2) is 4.88. The Morgan fingerprint density at radius 3 is 2.54 bits per heavy atom. The fourth-order valence-electron chi connectivity index (χ4n) is 1.79. The van der Waals surface area contributed by atoms with Crippen molar-refractivity contribution < 1.29 is 4.79 Å². The number of hydrogen-bond acceptors (Lipinski definition) is 2. The van der Waals surface area contributed by atoms with E-state index in [0.717, 1.165) is 25.7 Å². The molecule has 1 aliphatic rings. The lowest BCUT2D eigenvalue weighted by atomic mass is 9.85. The van der Waals surface area contributed by atoms with Crippen molar-refractivity contribution in [3.8, 4) is 12.3 Å². The number of hydrogen-bond donors (Lipinski definition) is 2. The second-order valence-electron chi connectivity index (χ2n) is 3.54. The molecule has 0 aromatic heterocycles. The highest BCUT2D eigenvalue weighted by Crippen LogP contribution is 2.23. The van der Waals surface area contributed by atoms with E-state index in [2.05, 4.69) is 11.2 Å². The third-order valence-electron chi connectivity index (χ3n) is 2.62. The fraction of sp³-hybridized carbons (Fsp3) is 0.700. The van der Waals surface area contributed by atoms with E-state index in [1.165, 1.54) is 0 Å². The lowest BCUT2D eigenvalue weighted by Gasteiger charge is -2.26. The Labute approximate surface area is 79.1 Å². The summed E-state index contributed by atoms with van der Waals surface area (Å²) in [5, 5.41) is 3.24. The van der Waals surface area contributed by atoms with Gasteiger partial charge in [-0.2, -0.15) is 0 Å². The standard InChI is InChI=1S/C10H16N2O/c1-2-7-12-9-5-3-8(4-6-9)10(11)13/h1,8-9,12H,3-7H2,(H2,11,13). The van der Waals surface area contributed by atoms with Gasteiger partial charge in [-0.25, -0.2) is 0 Å². The molecular formula is C10H16N2O. The highest BCUT2D eigenvalue weighted by molar-refractivity contribution is 5.76. The van der Waals surface area contributed by atoms with E-state index in [4.69, 9.17) is 12.2 Å². The molecule has 1 amide bonds. The van der Waals surface area contributed by atoms with Gasteiger partial charge in [-0.1, -0.05) is 5.92 Å². The van der Waals surface area contributed by atoms with E-state index >= 15 is 0 Å². The topological polar surface area (TPSA) is 55.1 Å². The lowest BCUT2D eigenvalue weighted by molar-refractivity contribution is -0.122. The zero-order valence-electron chi connectivity index (χ0n) is 7.75. The molecule has 1 rings (SSSR count). The summed E-state index contributed by atoms with van der Waals surface area (Å²) in [6.07, 6.45) is 8.95. The monoisotopic (exact) mass is 180 g/mol. The van der Waals surface area contributed by atoms with Crippen LogP contribution in [0.15, 0.2) is 0 Å². The van der Waals surface area contributed by atoms with Gasteiger partial charge in [0.05, 0.1) is 6.54 Å². The van der Waals surface area contributed by atoms with Crippen LogP contribution in [0.3, 0.4) is 0 Å². The van der Waals surface area contributed by atoms with Crippen LogP contribution in [0.2, 0.25) is 0 Å². The molecule has 1 fully saturated rings. The van der Waals surface area contributed by atoms with Gasteiger partial charge in [0.2, 0.25) is 5.91 Å². The average Bonchev–Trinajstić information content (AvgIpc) is 2.15. The zero-order valence-corrected chi connectivity index (χ0v) is 7.75. The van der Waals surface area contributed by atoms with E-state index in [1.807, 2.05) is 0 Å². The summed E-state index contributed by atoms with van der Waals surface area (Å²) in [7, 11) is 0. The lowest BCUT2D eigenvalue weighted by Crippen LogP contribution is -2.36. The first-order chi connectivity index (χ1) is 6.24. The number of nitrogens with two attached hydrogens (primary N) is 1. The van der Waals surface area contributed by atoms with Crippen molar-refractivity contribution in [2.24, 2.45) is 11.7 Å². The highest BCUT2D eigenvalue weighted by Gasteiger charge is 2.23. The number of nitrogens with one attached hydrogen (secondary N) is 1. The summed E-state index contributed by atoms with van der Waals surface area (Å²) in [5.74, 6) is 2.48. The number of amides is 1. The molecule has 1 aliphatic carbocycles. The van der Waals surface area contributed by atoms with Gasteiger partial charge in [0.1, 0.15) is 0 Å². The van der Waals surface area contributed by atoms with Gasteiger partial charge in [-0.05, 0) is 25.7 Å². The molecule has 0 aromatic rings. The summed E-state index contributed by atoms with van der Waals surface area (Å²) >= 11 is 0. The minimum atomic E-state index is -0.157. The minimum absolute atomic E-state index is 0.0869. The van der Waals surface area contributed by atoms with E-state index in [0.29, 0.717) is 12.6 Å². The Bertz CT molecular complexity index is 211. The molecule has 0 heterocycles. The summed E-state index contributed by atoms with van der Waals surface area (Å²) in [5.41, 5.74) is 5.22. The Morgan fingerprint density at radius 2 is 2.08 bits per heavy atom. The Hall–Kier alpha value is -1.01. The maximum Gasteiger partial charge on any atom is 0.220 e. The second-order valence-corrected chi connectivity index (χ2v) is 3.54. The molecule has 0 aliphatic heterocycles. The van der Waals surface area contributed by atoms with E-state index in [-0.39, 0.29) is 11.8 Å². The quantitative estimate of drug-likeness (QED) is 0.612. The van der Waals surface area contributed by atoms with E-state index in [9.17, 15) is 4.79 Å². The van der Waals surface area contributed by atoms with Crippen LogP contribution < -0.4 is 11.1 Å². The van der Waals surface area contributed by atoms with Crippen LogP contribution in [0.1, 0.15) is 25.7 Å². The summed E-state index contributed by atoms with van der Waals surface area (Å²) in [4.78, 5) is 10.8. The number of primary amides is 1. The van der Waals surface area contributed by atoms with Crippen LogP contribution in [-0.4, -0.2) is 18.5 Å². The molecule has 3 N–H and O–H groups in total. The Balaban J connectivity index is 2.23. The molecule has 0 saturated heterocycles. The van der Waals surface area contributed by atoms with Gasteiger partial charge in [-0.3, -0.25) is 4.79 Å². The first-order valence-corrected chi connectivity index (χ1v) is 4.70. The number of terminal acetylenes is 1. The Morgan fingerprint density at radius 1 is 1.46 bits per heavy atom. The highest BCUT2D eigenvalue weighted by atomic mass is 16.1. The van der Waals surface area contributed by atoms with Crippen molar-refractivity contribution in [3.05, 3.63) is 0 Å². The van der Waals surface area contributed by atoms with Gasteiger partial charge < -0.3 is 11.1 Å². The summed E-state index contributed by atoms with van der Waals surface area (Å²) < 4.78 is 0. The normalized spacial score (nSPS) is 27.9. The predicted octanol–water partition coefficient (Wildman–Crippen LogP) is 0.253. The first kappa shape index (κ1) is 10.1. The summed E-state index contributed by atoms with van der Waals surface area (Å²) in [6, 6.07) is 0.478. The average molecular weight is 180 g/mol. The molecule has 0 spiro atoms. The van der Waals surface area contributed by atoms with Crippen molar-refractivity contribution >= 4 is 5.91 Å². The minimum Gasteiger partial charge on any atom is -0.369 e. The molecule has 0 atom stereocenters. The van der Waals surface area contributed by atoms with Crippen LogP contribution in [-0.2, 0) is 4.79 Å². The summed E-state index contributed by atoms with van der Waals surface area (Å²) in [6.45, 7) is 0.617. The fourth-order valence-corrected chi connectivity index (χ4v) is 1.79. The number of carbonyl (C=O) groups is 1. The maximum atomic E-state index is 10.8. The molecule has 3 heteroatoms. The van der Waals surface area contributed by atoms with Crippen LogP contribution >= 0.6 is 0 Å². The molecule has 0 aromatic carbocycles. The van der Waals surface area contributed by atoms with Gasteiger partial charge in [0.25, 0.3) is 0 Å². The number of rotatable bonds is 3. The molecule has 0 unspecified atom stereocenters. The zero-order chi connectivity index (χ0) is 9.68. The van der Waals surface area contributed by atoms with Crippen molar-refractivity contribution in [1.29, 1.82) is 0 Å². The van der Waals surface area contributed by atoms with Crippen LogP contribution in [0.5, 0.6) is 0 Å². The van der Waals surface area contributed by atoms with Crippen molar-refractivity contribution in [1.82, 2.24) is 5.32 Å². The number of carbonyl (C=O) groups excluding carboxylic acids is 1. The van der Waals surface area contributed by atoms with Gasteiger partial charge >= 0.3 is 0 Å². The largest absolute Gasteiger partial charge is 0.369 e. The van der Waals surface area contributed by atoms with Crippen LogP contribution in [0.4, 0.5) is 0 Å². The molecule has 3 nitrogen and oxygen atoms in total. The molecule has 0 bridgehead atoms. The molecule has 13 heavy (non-hydrogen) atoms. The van der Waals surface area contributed by atoms with Gasteiger partial charge in [0, 0.05) is 12.0 Å². The first-order valence-electron chi connectivity index (χ1n) is 4.70. The van der Waals surface area contributed by atoms with Crippen LogP contribution in [0.25, 0.3) is 0 Å². The maximum absolute atomic E-state index is 10.8. The molecular weight excluding hydrogens is 164 g/mol.